The van der Waals surface area contributed by atoms with Crippen molar-refractivity contribution in [3.63, 3.8) is 0 Å². The minimum Gasteiger partial charge on any atom is -0.299 e. The van der Waals surface area contributed by atoms with Crippen LogP contribution >= 0.6 is 0 Å². The Morgan fingerprint density at radius 2 is 1.12 bits per heavy atom. The van der Waals surface area contributed by atoms with Gasteiger partial charge in [-0.2, -0.15) is 0 Å². The van der Waals surface area contributed by atoms with Crippen LogP contribution in [0.1, 0.15) is 0 Å². The van der Waals surface area contributed by atoms with E-state index in [1.807, 2.05) is 24.4 Å². The van der Waals surface area contributed by atoms with Crippen molar-refractivity contribution >= 4 is 70.8 Å². The Bertz CT molecular complexity index is 3200. The molecule has 0 aliphatic carbocycles. The molecule has 5 nitrogen and oxygen atoms in total. The smallest absolute Gasteiger partial charge is 0.137 e. The molecule has 11 aromatic rings. The zero-order valence-corrected chi connectivity index (χ0v) is 27.3. The molecule has 5 heteroatoms. The SMILES string of the molecule is c1ccc(-c2ccc3c(c2)c2cc(-c4nc5ccc6ccccc6c5nc4-c4ccc5ccccc5c4)ccc2c2c3nc3ccccn32)nc1. The van der Waals surface area contributed by atoms with Gasteiger partial charge in [0.05, 0.1) is 39.1 Å². The van der Waals surface area contributed by atoms with Gasteiger partial charge in [-0.15, -0.1) is 0 Å². The van der Waals surface area contributed by atoms with Gasteiger partial charge in [-0.05, 0) is 75.5 Å². The molecule has 11 rings (SSSR count). The molecule has 0 radical (unpaired) electrons. The lowest BCUT2D eigenvalue weighted by atomic mass is 9.94. The number of nitrogens with zero attached hydrogens (tertiary/aromatic N) is 5. The van der Waals surface area contributed by atoms with E-state index in [4.69, 9.17) is 15.0 Å². The second-order valence-electron chi connectivity index (χ2n) is 13.1. The predicted octanol–water partition coefficient (Wildman–Crippen LogP) is 11.4. The number of aromatic nitrogens is 5. The lowest BCUT2D eigenvalue weighted by molar-refractivity contribution is 1.23. The Morgan fingerprint density at radius 1 is 0.412 bits per heavy atom. The van der Waals surface area contributed by atoms with E-state index in [0.29, 0.717) is 0 Å². The summed E-state index contributed by atoms with van der Waals surface area (Å²) in [5, 5.41) is 9.09. The standard InChI is InChI=1S/C46H27N5/c1-2-11-30-25-32(16-15-28(30)9-1)43-42(48-40-22-19-29-10-3-4-12-34(29)44(40)50-43)33-18-21-36-38(27-33)37-26-31(39-13-5-7-23-47-39)17-20-35(37)45-46(36)51-24-8-6-14-41(51)49-45/h1-27H. The highest BCUT2D eigenvalue weighted by atomic mass is 15.0. The van der Waals surface area contributed by atoms with Crippen LogP contribution in [0.15, 0.2) is 164 Å². The van der Waals surface area contributed by atoms with Crippen molar-refractivity contribution in [3.8, 4) is 33.8 Å². The third-order valence-corrected chi connectivity index (χ3v) is 10.2. The van der Waals surface area contributed by atoms with Gasteiger partial charge in [0.2, 0.25) is 0 Å². The zero-order valence-electron chi connectivity index (χ0n) is 27.3. The van der Waals surface area contributed by atoms with Crippen LogP contribution in [0, 0.1) is 0 Å². The maximum Gasteiger partial charge on any atom is 0.137 e. The second-order valence-corrected chi connectivity index (χ2v) is 13.1. The fraction of sp³-hybridized carbons (Fsp3) is 0. The molecule has 4 heterocycles. The molecule has 7 aromatic carbocycles. The van der Waals surface area contributed by atoms with E-state index in [-0.39, 0.29) is 0 Å². The summed E-state index contributed by atoms with van der Waals surface area (Å²) < 4.78 is 2.20. The number of rotatable bonds is 3. The Kier molecular flexibility index (Phi) is 5.89. The Morgan fingerprint density at radius 3 is 2.04 bits per heavy atom. The van der Waals surface area contributed by atoms with Gasteiger partial charge < -0.3 is 0 Å². The zero-order chi connectivity index (χ0) is 33.5. The molecule has 0 fully saturated rings. The summed E-state index contributed by atoms with van der Waals surface area (Å²) in [5.74, 6) is 0. The molecule has 0 amide bonds. The molecule has 0 saturated carbocycles. The van der Waals surface area contributed by atoms with Crippen LogP contribution in [0.5, 0.6) is 0 Å². The van der Waals surface area contributed by atoms with Crippen molar-refractivity contribution in [3.05, 3.63) is 164 Å². The number of hydrogen-bond acceptors (Lipinski definition) is 4. The molecule has 4 aromatic heterocycles. The highest BCUT2D eigenvalue weighted by Gasteiger charge is 2.19. The lowest BCUT2D eigenvalue weighted by Crippen LogP contribution is -1.97. The van der Waals surface area contributed by atoms with E-state index in [2.05, 4.69) is 149 Å². The van der Waals surface area contributed by atoms with Crippen molar-refractivity contribution < 1.29 is 0 Å². The minimum absolute atomic E-state index is 0.849. The first-order chi connectivity index (χ1) is 25.3. The first-order valence-electron chi connectivity index (χ1n) is 17.1. The number of pyridine rings is 2. The van der Waals surface area contributed by atoms with Gasteiger partial charge in [0.1, 0.15) is 5.65 Å². The molecule has 236 valence electrons. The summed E-state index contributed by atoms with van der Waals surface area (Å²) in [4.78, 5) is 20.7. The second kappa shape index (κ2) is 10.8. The van der Waals surface area contributed by atoms with Crippen LogP contribution in [0.2, 0.25) is 0 Å². The summed E-state index contributed by atoms with van der Waals surface area (Å²) in [6.07, 6.45) is 3.94. The largest absolute Gasteiger partial charge is 0.299 e. The van der Waals surface area contributed by atoms with Crippen LogP contribution in [-0.2, 0) is 0 Å². The third-order valence-electron chi connectivity index (χ3n) is 10.2. The highest BCUT2D eigenvalue weighted by molar-refractivity contribution is 6.25. The molecule has 0 unspecified atom stereocenters. The average molecular weight is 650 g/mol. The van der Waals surface area contributed by atoms with Crippen LogP contribution < -0.4 is 0 Å². The van der Waals surface area contributed by atoms with Crippen LogP contribution in [0.4, 0.5) is 0 Å². The molecule has 51 heavy (non-hydrogen) atoms. The number of fused-ring (bicyclic) bond motifs is 12. The van der Waals surface area contributed by atoms with Gasteiger partial charge >= 0.3 is 0 Å². The molecule has 0 atom stereocenters. The molecule has 0 aliphatic rings. The number of hydrogen-bond donors (Lipinski definition) is 0. The van der Waals surface area contributed by atoms with Gasteiger partial charge in [-0.3, -0.25) is 9.38 Å². The van der Waals surface area contributed by atoms with E-state index in [1.54, 1.807) is 0 Å². The Labute approximate surface area is 292 Å². The van der Waals surface area contributed by atoms with Crippen molar-refractivity contribution in [2.24, 2.45) is 0 Å². The van der Waals surface area contributed by atoms with Gasteiger partial charge in [0.15, 0.2) is 0 Å². The molecular formula is C46H27N5. The normalized spacial score (nSPS) is 11.9. The van der Waals surface area contributed by atoms with Crippen LogP contribution in [0.3, 0.4) is 0 Å². The summed E-state index contributed by atoms with van der Waals surface area (Å²) in [5.41, 5.74) is 10.5. The third kappa shape index (κ3) is 4.28. The van der Waals surface area contributed by atoms with Gasteiger partial charge in [-0.25, -0.2) is 15.0 Å². The lowest BCUT2D eigenvalue weighted by Gasteiger charge is -2.15. The first kappa shape index (κ1) is 27.9. The molecule has 0 spiro atoms. The Hall–Kier alpha value is -6.98. The molecule has 0 aliphatic heterocycles. The highest BCUT2D eigenvalue weighted by Crippen LogP contribution is 2.41. The maximum absolute atomic E-state index is 5.45. The van der Waals surface area contributed by atoms with Crippen molar-refractivity contribution in [1.29, 1.82) is 0 Å². The van der Waals surface area contributed by atoms with Gasteiger partial charge in [-0.1, -0.05) is 103 Å². The van der Waals surface area contributed by atoms with Crippen molar-refractivity contribution in [2.75, 3.05) is 0 Å². The van der Waals surface area contributed by atoms with E-state index < -0.39 is 0 Å². The summed E-state index contributed by atoms with van der Waals surface area (Å²) in [6, 6.07) is 53.2. The summed E-state index contributed by atoms with van der Waals surface area (Å²) in [7, 11) is 0. The summed E-state index contributed by atoms with van der Waals surface area (Å²) in [6.45, 7) is 0. The molecule has 0 N–H and O–H groups in total. The molecule has 0 bridgehead atoms. The molecule has 0 saturated heterocycles. The predicted molar refractivity (Wildman–Crippen MR) is 210 cm³/mol. The Balaban J connectivity index is 1.24. The quantitative estimate of drug-likeness (QED) is 0.179. The van der Waals surface area contributed by atoms with E-state index in [1.165, 1.54) is 10.8 Å². The van der Waals surface area contributed by atoms with E-state index in [0.717, 1.165) is 93.8 Å². The van der Waals surface area contributed by atoms with Crippen molar-refractivity contribution in [1.82, 2.24) is 24.3 Å². The monoisotopic (exact) mass is 649 g/mol. The fourth-order valence-corrected chi connectivity index (χ4v) is 7.76. The van der Waals surface area contributed by atoms with Gasteiger partial charge in [0.25, 0.3) is 0 Å². The topological polar surface area (TPSA) is 56.0 Å². The van der Waals surface area contributed by atoms with E-state index >= 15 is 0 Å². The van der Waals surface area contributed by atoms with E-state index in [9.17, 15) is 0 Å². The summed E-state index contributed by atoms with van der Waals surface area (Å²) >= 11 is 0. The average Bonchev–Trinajstić information content (AvgIpc) is 3.60. The number of benzene rings is 7. The van der Waals surface area contributed by atoms with Crippen LogP contribution in [-0.4, -0.2) is 24.3 Å². The van der Waals surface area contributed by atoms with Crippen molar-refractivity contribution in [2.45, 2.75) is 0 Å². The van der Waals surface area contributed by atoms with Gasteiger partial charge in [0, 0.05) is 45.2 Å². The molecular weight excluding hydrogens is 623 g/mol. The maximum atomic E-state index is 5.45. The first-order valence-corrected chi connectivity index (χ1v) is 17.1. The number of imidazole rings is 1. The van der Waals surface area contributed by atoms with Crippen LogP contribution in [0.25, 0.3) is 105 Å². The minimum atomic E-state index is 0.849. The fourth-order valence-electron chi connectivity index (χ4n) is 7.76.